The number of rotatable bonds is 7. The van der Waals surface area contributed by atoms with Crippen LogP contribution in [-0.2, 0) is 13.2 Å². The van der Waals surface area contributed by atoms with Crippen LogP contribution in [-0.4, -0.2) is 16.1 Å². The highest BCUT2D eigenvalue weighted by Crippen LogP contribution is 2.34. The zero-order valence-electron chi connectivity index (χ0n) is 15.1. The number of carboxylic acid groups (broad SMARTS) is 1. The van der Waals surface area contributed by atoms with E-state index in [-0.39, 0.29) is 5.69 Å². The molecule has 0 saturated heterocycles. The van der Waals surface area contributed by atoms with Crippen LogP contribution in [0, 0.1) is 0 Å². The smallest absolute Gasteiger partial charge is 0.352 e. The number of aromatic carboxylic acids is 1. The van der Waals surface area contributed by atoms with E-state index in [1.54, 1.807) is 12.1 Å². The van der Waals surface area contributed by atoms with Crippen LogP contribution in [0.4, 0.5) is 0 Å². The first-order valence-corrected chi connectivity index (χ1v) is 8.92. The maximum absolute atomic E-state index is 11.3. The van der Waals surface area contributed by atoms with Gasteiger partial charge in [0.1, 0.15) is 18.9 Å². The van der Waals surface area contributed by atoms with Crippen molar-refractivity contribution in [1.29, 1.82) is 0 Å². The summed E-state index contributed by atoms with van der Waals surface area (Å²) in [5.41, 5.74) is 2.89. The lowest BCUT2D eigenvalue weighted by Crippen LogP contribution is -2.00. The molecular formula is C23H19NO4. The molecule has 140 valence electrons. The van der Waals surface area contributed by atoms with Crippen LogP contribution in [0.2, 0.25) is 0 Å². The number of aromatic nitrogens is 1. The van der Waals surface area contributed by atoms with Crippen LogP contribution >= 0.6 is 0 Å². The number of hydrogen-bond acceptors (Lipinski definition) is 3. The monoisotopic (exact) mass is 373 g/mol. The summed E-state index contributed by atoms with van der Waals surface area (Å²) in [6.07, 6.45) is 0. The van der Waals surface area contributed by atoms with Gasteiger partial charge in [-0.3, -0.25) is 0 Å². The average Bonchev–Trinajstić information content (AvgIpc) is 3.15. The molecule has 0 amide bonds. The third kappa shape index (κ3) is 3.99. The summed E-state index contributed by atoms with van der Waals surface area (Å²) in [6, 6.07) is 24.9. The fourth-order valence-corrected chi connectivity index (χ4v) is 2.95. The topological polar surface area (TPSA) is 71.6 Å². The minimum Gasteiger partial charge on any atom is -0.485 e. The van der Waals surface area contributed by atoms with Gasteiger partial charge in [-0.15, -0.1) is 0 Å². The van der Waals surface area contributed by atoms with Crippen LogP contribution in [0.25, 0.3) is 10.9 Å². The largest absolute Gasteiger partial charge is 0.485 e. The van der Waals surface area contributed by atoms with Crippen molar-refractivity contribution in [3.05, 3.63) is 95.7 Å². The molecule has 0 aliphatic carbocycles. The van der Waals surface area contributed by atoms with Crippen LogP contribution in [0.5, 0.6) is 11.5 Å². The van der Waals surface area contributed by atoms with Gasteiger partial charge in [0.05, 0.1) is 5.52 Å². The van der Waals surface area contributed by atoms with E-state index in [4.69, 9.17) is 9.47 Å². The first-order chi connectivity index (χ1) is 13.7. The summed E-state index contributed by atoms with van der Waals surface area (Å²) in [7, 11) is 0. The van der Waals surface area contributed by atoms with Gasteiger partial charge in [-0.2, -0.15) is 0 Å². The quantitative estimate of drug-likeness (QED) is 0.477. The Labute approximate surface area is 162 Å². The van der Waals surface area contributed by atoms with Gasteiger partial charge in [-0.1, -0.05) is 60.7 Å². The molecule has 0 aliphatic heterocycles. The van der Waals surface area contributed by atoms with E-state index in [0.29, 0.717) is 30.2 Å². The minimum absolute atomic E-state index is 0.129. The first kappa shape index (κ1) is 17.7. The molecule has 0 aliphatic rings. The normalized spacial score (nSPS) is 10.7. The van der Waals surface area contributed by atoms with E-state index >= 15 is 0 Å². The Morgan fingerprint density at radius 3 is 1.86 bits per heavy atom. The number of hydrogen-bond donors (Lipinski definition) is 2. The number of aromatic amines is 1. The van der Waals surface area contributed by atoms with Crippen molar-refractivity contribution in [2.24, 2.45) is 0 Å². The highest BCUT2D eigenvalue weighted by molar-refractivity contribution is 5.94. The Morgan fingerprint density at radius 1 is 0.786 bits per heavy atom. The van der Waals surface area contributed by atoms with Crippen molar-refractivity contribution >= 4 is 16.9 Å². The highest BCUT2D eigenvalue weighted by atomic mass is 16.5. The molecule has 0 atom stereocenters. The number of nitrogens with one attached hydrogen (secondary N) is 1. The number of H-pyrrole nitrogens is 1. The van der Waals surface area contributed by atoms with E-state index in [0.717, 1.165) is 16.5 Å². The summed E-state index contributed by atoms with van der Waals surface area (Å²) in [6.45, 7) is 0.783. The summed E-state index contributed by atoms with van der Waals surface area (Å²) in [5.74, 6) is 0.129. The first-order valence-electron chi connectivity index (χ1n) is 8.92. The van der Waals surface area contributed by atoms with Crippen LogP contribution < -0.4 is 9.47 Å². The maximum atomic E-state index is 11.3. The number of fused-ring (bicyclic) bond motifs is 1. The third-order valence-electron chi connectivity index (χ3n) is 4.39. The van der Waals surface area contributed by atoms with Gasteiger partial charge in [0.2, 0.25) is 0 Å². The van der Waals surface area contributed by atoms with E-state index in [1.165, 1.54) is 0 Å². The van der Waals surface area contributed by atoms with Gasteiger partial charge in [0.15, 0.2) is 11.5 Å². The molecule has 5 nitrogen and oxygen atoms in total. The highest BCUT2D eigenvalue weighted by Gasteiger charge is 2.13. The number of benzene rings is 3. The van der Waals surface area contributed by atoms with E-state index in [1.807, 2.05) is 66.7 Å². The van der Waals surface area contributed by atoms with E-state index in [2.05, 4.69) is 4.98 Å². The second-order valence-corrected chi connectivity index (χ2v) is 6.42. The number of carboxylic acids is 1. The molecule has 3 aromatic carbocycles. The molecule has 0 unspecified atom stereocenters. The predicted octanol–water partition coefficient (Wildman–Crippen LogP) is 5.02. The van der Waals surface area contributed by atoms with Crippen molar-refractivity contribution in [2.45, 2.75) is 13.2 Å². The molecule has 0 radical (unpaired) electrons. The molecular weight excluding hydrogens is 354 g/mol. The Kier molecular flexibility index (Phi) is 4.97. The van der Waals surface area contributed by atoms with Crippen molar-refractivity contribution < 1.29 is 19.4 Å². The molecule has 0 fully saturated rings. The fourth-order valence-electron chi connectivity index (χ4n) is 2.95. The lowest BCUT2D eigenvalue weighted by atomic mass is 10.2. The molecule has 1 heterocycles. The predicted molar refractivity (Wildman–Crippen MR) is 107 cm³/mol. The maximum Gasteiger partial charge on any atom is 0.352 e. The molecule has 0 spiro atoms. The Balaban J connectivity index is 1.63. The lowest BCUT2D eigenvalue weighted by molar-refractivity contribution is 0.0691. The van der Waals surface area contributed by atoms with Crippen molar-refractivity contribution in [3.8, 4) is 11.5 Å². The molecule has 5 heteroatoms. The van der Waals surface area contributed by atoms with E-state index < -0.39 is 5.97 Å². The molecule has 0 bridgehead atoms. The van der Waals surface area contributed by atoms with Gasteiger partial charge in [0, 0.05) is 11.5 Å². The minimum atomic E-state index is -1.00. The zero-order chi connectivity index (χ0) is 19.3. The Bertz CT molecular complexity index is 1010. The van der Waals surface area contributed by atoms with Crippen molar-refractivity contribution in [3.63, 3.8) is 0 Å². The standard InChI is InChI=1S/C23H19NO4/c25-23(26)20-11-18-12-21(27-14-16-7-3-1-4-8-16)22(13-19(18)24-20)28-15-17-9-5-2-6-10-17/h1-13,24H,14-15H2,(H,25,26). The molecule has 28 heavy (non-hydrogen) atoms. The van der Waals surface area contributed by atoms with Crippen LogP contribution in [0.1, 0.15) is 21.6 Å². The summed E-state index contributed by atoms with van der Waals surface area (Å²) < 4.78 is 12.0. The number of carbonyl (C=O) groups is 1. The zero-order valence-corrected chi connectivity index (χ0v) is 15.1. The summed E-state index contributed by atoms with van der Waals surface area (Å²) in [4.78, 5) is 14.2. The Hall–Kier alpha value is -3.73. The molecule has 4 rings (SSSR count). The van der Waals surface area contributed by atoms with E-state index in [9.17, 15) is 9.90 Å². The van der Waals surface area contributed by atoms with Crippen molar-refractivity contribution in [2.75, 3.05) is 0 Å². The molecule has 1 aromatic heterocycles. The van der Waals surface area contributed by atoms with Gasteiger partial charge < -0.3 is 19.6 Å². The lowest BCUT2D eigenvalue weighted by Gasteiger charge is -2.13. The second-order valence-electron chi connectivity index (χ2n) is 6.42. The van der Waals surface area contributed by atoms with Gasteiger partial charge in [-0.25, -0.2) is 4.79 Å². The average molecular weight is 373 g/mol. The fraction of sp³-hybridized carbons (Fsp3) is 0.0870. The summed E-state index contributed by atoms with van der Waals surface area (Å²) in [5, 5.41) is 9.99. The van der Waals surface area contributed by atoms with Gasteiger partial charge in [-0.05, 0) is 23.3 Å². The van der Waals surface area contributed by atoms with Crippen LogP contribution in [0.15, 0.2) is 78.9 Å². The van der Waals surface area contributed by atoms with Gasteiger partial charge in [0.25, 0.3) is 0 Å². The number of ether oxygens (including phenoxy) is 2. The SMILES string of the molecule is O=C(O)c1cc2cc(OCc3ccccc3)c(OCc3ccccc3)cc2[nH]1. The molecule has 4 aromatic rings. The second kappa shape index (κ2) is 7.88. The molecule has 2 N–H and O–H groups in total. The Morgan fingerprint density at radius 2 is 1.32 bits per heavy atom. The van der Waals surface area contributed by atoms with Crippen molar-refractivity contribution in [1.82, 2.24) is 4.98 Å². The molecule has 0 saturated carbocycles. The van der Waals surface area contributed by atoms with Crippen LogP contribution in [0.3, 0.4) is 0 Å². The van der Waals surface area contributed by atoms with Gasteiger partial charge >= 0.3 is 5.97 Å². The third-order valence-corrected chi connectivity index (χ3v) is 4.39. The summed E-state index contributed by atoms with van der Waals surface area (Å²) >= 11 is 0.